The van der Waals surface area contributed by atoms with Gasteiger partial charge in [-0.3, -0.25) is 4.79 Å². The molecule has 7 heteroatoms. The molecule has 1 saturated heterocycles. The lowest BCUT2D eigenvalue weighted by Gasteiger charge is -2.29. The molecule has 0 saturated carbocycles. The summed E-state index contributed by atoms with van der Waals surface area (Å²) < 4.78 is 7.09. The molecule has 150 valence electrons. The van der Waals surface area contributed by atoms with Crippen molar-refractivity contribution < 1.29 is 9.53 Å². The Bertz CT molecular complexity index is 933. The highest BCUT2D eigenvalue weighted by atomic mass is 16.5. The van der Waals surface area contributed by atoms with Crippen molar-refractivity contribution in [1.82, 2.24) is 19.9 Å². The molecular weight excluding hydrogens is 366 g/mol. The Labute approximate surface area is 170 Å². The first-order chi connectivity index (χ1) is 14.2. The summed E-state index contributed by atoms with van der Waals surface area (Å²) in [7, 11) is 1.79. The van der Waals surface area contributed by atoms with Gasteiger partial charge >= 0.3 is 0 Å². The van der Waals surface area contributed by atoms with Gasteiger partial charge in [-0.1, -0.05) is 47.7 Å². The Balaban J connectivity index is 1.35. The van der Waals surface area contributed by atoms with E-state index in [0.717, 1.165) is 37.4 Å². The van der Waals surface area contributed by atoms with Gasteiger partial charge in [0.2, 0.25) is 0 Å². The minimum absolute atomic E-state index is 0.137. The molecule has 0 aliphatic carbocycles. The summed E-state index contributed by atoms with van der Waals surface area (Å²) in [5.74, 6) is -0.137. The topological polar surface area (TPSA) is 63.5 Å². The van der Waals surface area contributed by atoms with Crippen LogP contribution in [0.3, 0.4) is 0 Å². The van der Waals surface area contributed by atoms with Gasteiger partial charge < -0.3 is 14.5 Å². The molecule has 1 aliphatic heterocycles. The second-order valence-electron chi connectivity index (χ2n) is 7.21. The quantitative estimate of drug-likeness (QED) is 0.646. The molecule has 1 aromatic heterocycles. The number of aromatic nitrogens is 3. The Morgan fingerprint density at radius 2 is 1.76 bits per heavy atom. The van der Waals surface area contributed by atoms with E-state index in [1.165, 1.54) is 5.69 Å². The van der Waals surface area contributed by atoms with Crippen LogP contribution >= 0.6 is 0 Å². The molecule has 4 rings (SSSR count). The molecule has 3 aromatic rings. The second kappa shape index (κ2) is 8.87. The van der Waals surface area contributed by atoms with E-state index in [1.807, 2.05) is 30.3 Å². The van der Waals surface area contributed by atoms with Gasteiger partial charge in [-0.25, -0.2) is 4.68 Å². The zero-order chi connectivity index (χ0) is 20.1. The number of morpholine rings is 1. The number of anilines is 1. The van der Waals surface area contributed by atoms with Crippen molar-refractivity contribution in [2.75, 3.05) is 38.3 Å². The highest BCUT2D eigenvalue weighted by Crippen LogP contribution is 2.17. The number of carbonyl (C=O) groups excluding carboxylic acids is 1. The Hall–Kier alpha value is -3.19. The van der Waals surface area contributed by atoms with Gasteiger partial charge in [-0.05, 0) is 23.3 Å². The first-order valence-corrected chi connectivity index (χ1v) is 9.80. The fourth-order valence-electron chi connectivity index (χ4n) is 3.42. The summed E-state index contributed by atoms with van der Waals surface area (Å²) in [5, 5.41) is 8.14. The van der Waals surface area contributed by atoms with Crippen LogP contribution in [0.15, 0.2) is 60.8 Å². The first-order valence-electron chi connectivity index (χ1n) is 9.80. The number of hydrogen-bond acceptors (Lipinski definition) is 5. The summed E-state index contributed by atoms with van der Waals surface area (Å²) in [6, 6.07) is 18.3. The van der Waals surface area contributed by atoms with Crippen molar-refractivity contribution in [3.63, 3.8) is 0 Å². The maximum Gasteiger partial charge on any atom is 0.276 e. The van der Waals surface area contributed by atoms with Crippen molar-refractivity contribution in [1.29, 1.82) is 0 Å². The summed E-state index contributed by atoms with van der Waals surface area (Å²) >= 11 is 0. The van der Waals surface area contributed by atoms with Gasteiger partial charge in [0.15, 0.2) is 5.69 Å². The number of rotatable bonds is 6. The molecule has 2 heterocycles. The number of benzene rings is 2. The van der Waals surface area contributed by atoms with Crippen LogP contribution in [0.4, 0.5) is 5.69 Å². The van der Waals surface area contributed by atoms with Crippen LogP contribution in [0, 0.1) is 0 Å². The van der Waals surface area contributed by atoms with Gasteiger partial charge in [-0.15, -0.1) is 5.10 Å². The van der Waals surface area contributed by atoms with E-state index in [0.29, 0.717) is 18.8 Å². The SMILES string of the molecule is CN(Cc1ccc(N2CCOCC2)cc1)C(=O)c1cn(Cc2ccccc2)nn1. The maximum atomic E-state index is 12.7. The van der Waals surface area contributed by atoms with Crippen LogP contribution < -0.4 is 4.90 Å². The molecule has 0 radical (unpaired) electrons. The number of carbonyl (C=O) groups is 1. The van der Waals surface area contributed by atoms with Crippen molar-refractivity contribution in [2.45, 2.75) is 13.1 Å². The zero-order valence-electron chi connectivity index (χ0n) is 16.6. The zero-order valence-corrected chi connectivity index (χ0v) is 16.6. The van der Waals surface area contributed by atoms with E-state index < -0.39 is 0 Å². The highest BCUT2D eigenvalue weighted by molar-refractivity contribution is 5.91. The molecule has 2 aromatic carbocycles. The fourth-order valence-corrected chi connectivity index (χ4v) is 3.42. The largest absolute Gasteiger partial charge is 0.378 e. The summed E-state index contributed by atoms with van der Waals surface area (Å²) in [6.45, 7) is 4.47. The van der Waals surface area contributed by atoms with Crippen LogP contribution in [-0.2, 0) is 17.8 Å². The molecule has 0 bridgehead atoms. The average Bonchev–Trinajstić information content (AvgIpc) is 3.23. The van der Waals surface area contributed by atoms with Crippen LogP contribution in [0.25, 0.3) is 0 Å². The molecular formula is C22H25N5O2. The number of hydrogen-bond donors (Lipinski definition) is 0. The van der Waals surface area contributed by atoms with Crippen molar-refractivity contribution in [3.05, 3.63) is 77.6 Å². The first kappa shape index (κ1) is 19.1. The number of ether oxygens (including phenoxy) is 1. The Morgan fingerprint density at radius 3 is 2.48 bits per heavy atom. The predicted molar refractivity (Wildman–Crippen MR) is 111 cm³/mol. The number of nitrogens with zero attached hydrogens (tertiary/aromatic N) is 5. The lowest BCUT2D eigenvalue weighted by Crippen LogP contribution is -2.36. The third-order valence-electron chi connectivity index (χ3n) is 5.02. The standard InChI is InChI=1S/C22H25N5O2/c1-25(15-19-7-9-20(10-8-19)26-11-13-29-14-12-26)22(28)21-17-27(24-23-21)16-18-5-3-2-4-6-18/h2-10,17H,11-16H2,1H3. The van der Waals surface area contributed by atoms with Crippen molar-refractivity contribution >= 4 is 11.6 Å². The van der Waals surface area contributed by atoms with Crippen LogP contribution in [0.5, 0.6) is 0 Å². The molecule has 29 heavy (non-hydrogen) atoms. The highest BCUT2D eigenvalue weighted by Gasteiger charge is 2.17. The van der Waals surface area contributed by atoms with Crippen LogP contribution in [-0.4, -0.2) is 59.2 Å². The molecule has 1 fully saturated rings. The molecule has 0 spiro atoms. The summed E-state index contributed by atoms with van der Waals surface area (Å²) in [4.78, 5) is 16.7. The average molecular weight is 391 g/mol. The Morgan fingerprint density at radius 1 is 1.03 bits per heavy atom. The maximum absolute atomic E-state index is 12.7. The van der Waals surface area contributed by atoms with E-state index in [-0.39, 0.29) is 5.91 Å². The van der Waals surface area contributed by atoms with E-state index in [2.05, 4.69) is 39.5 Å². The predicted octanol–water partition coefficient (Wildman–Crippen LogP) is 2.44. The van der Waals surface area contributed by atoms with E-state index in [9.17, 15) is 4.79 Å². The molecule has 7 nitrogen and oxygen atoms in total. The number of amides is 1. The smallest absolute Gasteiger partial charge is 0.276 e. The second-order valence-corrected chi connectivity index (χ2v) is 7.21. The molecule has 1 amide bonds. The van der Waals surface area contributed by atoms with Crippen LogP contribution in [0.1, 0.15) is 21.6 Å². The van der Waals surface area contributed by atoms with E-state index in [1.54, 1.807) is 22.8 Å². The monoisotopic (exact) mass is 391 g/mol. The van der Waals surface area contributed by atoms with E-state index >= 15 is 0 Å². The molecule has 1 aliphatic rings. The van der Waals surface area contributed by atoms with Gasteiger partial charge in [0.1, 0.15) is 0 Å². The van der Waals surface area contributed by atoms with Crippen LogP contribution in [0.2, 0.25) is 0 Å². The Kier molecular flexibility index (Phi) is 5.86. The molecule has 0 unspecified atom stereocenters. The van der Waals surface area contributed by atoms with Crippen molar-refractivity contribution in [2.24, 2.45) is 0 Å². The van der Waals surface area contributed by atoms with Gasteiger partial charge in [0, 0.05) is 32.4 Å². The van der Waals surface area contributed by atoms with Gasteiger partial charge in [0.25, 0.3) is 5.91 Å². The fraction of sp³-hybridized carbons (Fsp3) is 0.318. The van der Waals surface area contributed by atoms with Crippen molar-refractivity contribution in [3.8, 4) is 0 Å². The lowest BCUT2D eigenvalue weighted by atomic mass is 10.1. The van der Waals surface area contributed by atoms with E-state index in [4.69, 9.17) is 4.74 Å². The minimum Gasteiger partial charge on any atom is -0.378 e. The molecule has 0 N–H and O–H groups in total. The third-order valence-corrected chi connectivity index (χ3v) is 5.02. The lowest BCUT2D eigenvalue weighted by molar-refractivity contribution is 0.0779. The molecule has 0 atom stereocenters. The van der Waals surface area contributed by atoms with Gasteiger partial charge in [0.05, 0.1) is 26.0 Å². The minimum atomic E-state index is -0.137. The van der Waals surface area contributed by atoms with Gasteiger partial charge in [-0.2, -0.15) is 0 Å². The normalized spacial score (nSPS) is 14.0. The summed E-state index contributed by atoms with van der Waals surface area (Å²) in [5.41, 5.74) is 3.74. The summed E-state index contributed by atoms with van der Waals surface area (Å²) in [6.07, 6.45) is 1.70. The third kappa shape index (κ3) is 4.81.